The van der Waals surface area contributed by atoms with E-state index in [0.29, 0.717) is 5.69 Å². The van der Waals surface area contributed by atoms with E-state index in [2.05, 4.69) is 47.5 Å². The minimum atomic E-state index is -3.74. The lowest BCUT2D eigenvalue weighted by molar-refractivity contribution is 0.279. The standard InChI is InChI=1S/C26H30FN3O2S/c1-26(2,3)25-11-4-19(17-28-25)18-30-14-12-20-5-10-24(16-21(20)13-15-30)33(31,32)29-23-8-6-22(27)7-9-23/h4-11,16-17,29H,12-15,18H2,1-3H3. The molecule has 0 atom stereocenters. The molecule has 33 heavy (non-hydrogen) atoms. The second-order valence-corrected chi connectivity index (χ2v) is 11.3. The lowest BCUT2D eigenvalue weighted by atomic mass is 9.91. The highest BCUT2D eigenvalue weighted by Gasteiger charge is 2.20. The van der Waals surface area contributed by atoms with Crippen LogP contribution in [0.2, 0.25) is 0 Å². The van der Waals surface area contributed by atoms with Gasteiger partial charge in [-0.25, -0.2) is 12.8 Å². The zero-order valence-electron chi connectivity index (χ0n) is 19.3. The molecular weight excluding hydrogens is 437 g/mol. The molecule has 7 heteroatoms. The molecule has 1 aliphatic heterocycles. The molecule has 3 aromatic rings. The Kier molecular flexibility index (Phi) is 6.54. The highest BCUT2D eigenvalue weighted by Crippen LogP contribution is 2.24. The zero-order valence-corrected chi connectivity index (χ0v) is 20.1. The zero-order chi connectivity index (χ0) is 23.6. The van der Waals surface area contributed by atoms with E-state index >= 15 is 0 Å². The van der Waals surface area contributed by atoms with Gasteiger partial charge in [-0.15, -0.1) is 0 Å². The molecule has 0 saturated carbocycles. The first kappa shape index (κ1) is 23.4. The van der Waals surface area contributed by atoms with Gasteiger partial charge in [0.25, 0.3) is 10.0 Å². The van der Waals surface area contributed by atoms with E-state index in [1.165, 1.54) is 35.4 Å². The van der Waals surface area contributed by atoms with E-state index in [4.69, 9.17) is 0 Å². The third kappa shape index (κ3) is 5.78. The van der Waals surface area contributed by atoms with E-state index in [1.807, 2.05) is 12.3 Å². The van der Waals surface area contributed by atoms with Crippen LogP contribution in [0.25, 0.3) is 0 Å². The van der Waals surface area contributed by atoms with Crippen molar-refractivity contribution in [1.82, 2.24) is 9.88 Å². The van der Waals surface area contributed by atoms with Gasteiger partial charge in [-0.2, -0.15) is 0 Å². The summed E-state index contributed by atoms with van der Waals surface area (Å²) in [4.78, 5) is 7.25. The van der Waals surface area contributed by atoms with Gasteiger partial charge in [0.05, 0.1) is 4.90 Å². The fourth-order valence-electron chi connectivity index (χ4n) is 4.02. The maximum atomic E-state index is 13.1. The summed E-state index contributed by atoms with van der Waals surface area (Å²) >= 11 is 0. The molecule has 0 spiro atoms. The summed E-state index contributed by atoms with van der Waals surface area (Å²) in [6.45, 7) is 9.06. The highest BCUT2D eigenvalue weighted by atomic mass is 32.2. The molecule has 0 saturated heterocycles. The van der Waals surface area contributed by atoms with Crippen LogP contribution in [0.3, 0.4) is 0 Å². The number of benzene rings is 2. The van der Waals surface area contributed by atoms with Crippen LogP contribution in [-0.2, 0) is 34.8 Å². The van der Waals surface area contributed by atoms with Crippen molar-refractivity contribution in [3.05, 3.63) is 89.0 Å². The van der Waals surface area contributed by atoms with Crippen molar-refractivity contribution in [1.29, 1.82) is 0 Å². The van der Waals surface area contributed by atoms with Crippen molar-refractivity contribution in [3.63, 3.8) is 0 Å². The Hall–Kier alpha value is -2.77. The Bertz CT molecular complexity index is 1220. The summed E-state index contributed by atoms with van der Waals surface area (Å²) in [7, 11) is -3.74. The molecule has 1 aliphatic rings. The van der Waals surface area contributed by atoms with Crippen molar-refractivity contribution in [2.75, 3.05) is 17.8 Å². The average molecular weight is 468 g/mol. The quantitative estimate of drug-likeness (QED) is 0.579. The second-order valence-electron chi connectivity index (χ2n) is 9.62. The summed E-state index contributed by atoms with van der Waals surface area (Å²) in [6.07, 6.45) is 3.61. The number of rotatable bonds is 5. The third-order valence-electron chi connectivity index (χ3n) is 5.98. The molecule has 0 unspecified atom stereocenters. The minimum absolute atomic E-state index is 0.0341. The Morgan fingerprint density at radius 1 is 0.970 bits per heavy atom. The van der Waals surface area contributed by atoms with Gasteiger partial charge < -0.3 is 0 Å². The number of sulfonamides is 1. The molecule has 0 fully saturated rings. The SMILES string of the molecule is CC(C)(C)c1ccc(CN2CCc3ccc(S(=O)(=O)Nc4ccc(F)cc4)cc3CC2)cn1. The highest BCUT2D eigenvalue weighted by molar-refractivity contribution is 7.92. The molecule has 1 N–H and O–H groups in total. The van der Waals surface area contributed by atoms with Crippen LogP contribution >= 0.6 is 0 Å². The maximum absolute atomic E-state index is 13.1. The lowest BCUT2D eigenvalue weighted by Gasteiger charge is -2.21. The number of hydrogen-bond acceptors (Lipinski definition) is 4. The van der Waals surface area contributed by atoms with E-state index in [0.717, 1.165) is 43.7 Å². The number of nitrogens with one attached hydrogen (secondary N) is 1. The van der Waals surface area contributed by atoms with E-state index in [-0.39, 0.29) is 10.3 Å². The number of nitrogens with zero attached hydrogens (tertiary/aromatic N) is 2. The molecule has 0 aliphatic carbocycles. The molecule has 2 aromatic carbocycles. The molecule has 2 heterocycles. The van der Waals surface area contributed by atoms with E-state index < -0.39 is 15.8 Å². The van der Waals surface area contributed by atoms with Crippen LogP contribution in [0.1, 0.15) is 43.2 Å². The van der Waals surface area contributed by atoms with Crippen molar-refractivity contribution >= 4 is 15.7 Å². The monoisotopic (exact) mass is 467 g/mol. The molecule has 1 aromatic heterocycles. The normalized spacial score (nSPS) is 15.0. The molecule has 0 bridgehead atoms. The first-order chi connectivity index (χ1) is 15.6. The predicted molar refractivity (Wildman–Crippen MR) is 129 cm³/mol. The molecule has 4 rings (SSSR count). The van der Waals surface area contributed by atoms with Gasteiger partial charge in [-0.1, -0.05) is 32.9 Å². The fourth-order valence-corrected chi connectivity index (χ4v) is 5.13. The number of aromatic nitrogens is 1. The fraction of sp³-hybridized carbons (Fsp3) is 0.346. The van der Waals surface area contributed by atoms with Gasteiger partial charge in [0.2, 0.25) is 0 Å². The molecule has 5 nitrogen and oxygen atoms in total. The van der Waals surface area contributed by atoms with Crippen LogP contribution < -0.4 is 4.72 Å². The minimum Gasteiger partial charge on any atom is -0.298 e. The van der Waals surface area contributed by atoms with Crippen molar-refractivity contribution in [2.24, 2.45) is 0 Å². The van der Waals surface area contributed by atoms with Gasteiger partial charge in [0.15, 0.2) is 0 Å². The topological polar surface area (TPSA) is 62.3 Å². The van der Waals surface area contributed by atoms with Gasteiger partial charge in [-0.3, -0.25) is 14.6 Å². The van der Waals surface area contributed by atoms with Crippen molar-refractivity contribution in [2.45, 2.75) is 50.5 Å². The summed E-state index contributed by atoms with van der Waals surface area (Å²) in [5.41, 5.74) is 4.87. The van der Waals surface area contributed by atoms with Crippen LogP contribution in [0.4, 0.5) is 10.1 Å². The lowest BCUT2D eigenvalue weighted by Crippen LogP contribution is -2.26. The van der Waals surface area contributed by atoms with Crippen molar-refractivity contribution in [3.8, 4) is 0 Å². The van der Waals surface area contributed by atoms with Crippen molar-refractivity contribution < 1.29 is 12.8 Å². The smallest absolute Gasteiger partial charge is 0.261 e. The number of halogens is 1. The van der Waals surface area contributed by atoms with Crippen LogP contribution in [0.5, 0.6) is 0 Å². The summed E-state index contributed by atoms with van der Waals surface area (Å²) in [5, 5.41) is 0. The number of hydrogen-bond donors (Lipinski definition) is 1. The van der Waals surface area contributed by atoms with Gasteiger partial charge in [0.1, 0.15) is 5.82 Å². The summed E-state index contributed by atoms with van der Waals surface area (Å²) < 4.78 is 41.3. The Morgan fingerprint density at radius 3 is 2.30 bits per heavy atom. The molecule has 174 valence electrons. The average Bonchev–Trinajstić information content (AvgIpc) is 2.97. The Balaban J connectivity index is 1.44. The van der Waals surface area contributed by atoms with Gasteiger partial charge in [-0.05, 0) is 72.0 Å². The maximum Gasteiger partial charge on any atom is 0.261 e. The predicted octanol–water partition coefficient (Wildman–Crippen LogP) is 4.92. The van der Waals surface area contributed by atoms with Crippen LogP contribution in [-0.4, -0.2) is 31.4 Å². The van der Waals surface area contributed by atoms with Crippen LogP contribution in [0, 0.1) is 5.82 Å². The number of pyridine rings is 1. The summed E-state index contributed by atoms with van der Waals surface area (Å²) in [6, 6.07) is 14.9. The molecule has 0 amide bonds. The first-order valence-electron chi connectivity index (χ1n) is 11.2. The Labute approximate surface area is 195 Å². The van der Waals surface area contributed by atoms with Gasteiger partial charge in [0, 0.05) is 42.6 Å². The van der Waals surface area contributed by atoms with E-state index in [9.17, 15) is 12.8 Å². The largest absolute Gasteiger partial charge is 0.298 e. The third-order valence-corrected chi connectivity index (χ3v) is 7.36. The van der Waals surface area contributed by atoms with Crippen LogP contribution in [0.15, 0.2) is 65.7 Å². The first-order valence-corrected chi connectivity index (χ1v) is 12.7. The molecule has 0 radical (unpaired) electrons. The Morgan fingerprint density at radius 2 is 1.67 bits per heavy atom. The second kappa shape index (κ2) is 9.23. The van der Waals surface area contributed by atoms with Gasteiger partial charge >= 0.3 is 0 Å². The van der Waals surface area contributed by atoms with E-state index in [1.54, 1.807) is 12.1 Å². The number of fused-ring (bicyclic) bond motifs is 1. The number of anilines is 1. The molecular formula is C26H30FN3O2S. The summed E-state index contributed by atoms with van der Waals surface area (Å²) in [5.74, 6) is -0.409.